The maximum atomic E-state index is 13.5. The van der Waals surface area contributed by atoms with Crippen LogP contribution in [0, 0.1) is 5.82 Å². The number of hydrogen-bond donors (Lipinski definition) is 1. The SMILES string of the molecule is CN(C)C(CNC(=O)Cc1ccc(-n2cccn2)cc1)c1cccc(F)c1. The van der Waals surface area contributed by atoms with E-state index in [1.807, 2.05) is 61.6 Å². The lowest BCUT2D eigenvalue weighted by Gasteiger charge is -2.25. The summed E-state index contributed by atoms with van der Waals surface area (Å²) >= 11 is 0. The Bertz CT molecular complexity index is 875. The number of carbonyl (C=O) groups excluding carboxylic acids is 1. The summed E-state index contributed by atoms with van der Waals surface area (Å²) in [6, 6.07) is 16.0. The first kappa shape index (κ1) is 18.8. The molecular formula is C21H23FN4O. The van der Waals surface area contributed by atoms with Gasteiger partial charge in [-0.05, 0) is 55.6 Å². The normalized spacial score (nSPS) is 12.1. The van der Waals surface area contributed by atoms with Gasteiger partial charge in [-0.2, -0.15) is 5.10 Å². The monoisotopic (exact) mass is 366 g/mol. The van der Waals surface area contributed by atoms with Gasteiger partial charge in [-0.3, -0.25) is 4.79 Å². The van der Waals surface area contributed by atoms with Gasteiger partial charge in [0, 0.05) is 18.9 Å². The predicted octanol–water partition coefficient (Wildman–Crippen LogP) is 2.97. The molecule has 0 aliphatic carbocycles. The summed E-state index contributed by atoms with van der Waals surface area (Å²) in [7, 11) is 3.82. The summed E-state index contributed by atoms with van der Waals surface area (Å²) in [5.41, 5.74) is 2.71. The quantitative estimate of drug-likeness (QED) is 0.699. The Balaban J connectivity index is 1.58. The average molecular weight is 366 g/mol. The molecule has 0 fully saturated rings. The van der Waals surface area contributed by atoms with E-state index >= 15 is 0 Å². The summed E-state index contributed by atoms with van der Waals surface area (Å²) in [6.07, 6.45) is 3.89. The molecule has 1 unspecified atom stereocenters. The lowest BCUT2D eigenvalue weighted by molar-refractivity contribution is -0.120. The number of amides is 1. The van der Waals surface area contributed by atoms with E-state index in [0.29, 0.717) is 13.0 Å². The minimum absolute atomic E-state index is 0.0647. The maximum Gasteiger partial charge on any atom is 0.224 e. The Kier molecular flexibility index (Phi) is 5.98. The van der Waals surface area contributed by atoms with E-state index in [1.54, 1.807) is 16.9 Å². The van der Waals surface area contributed by atoms with Gasteiger partial charge < -0.3 is 10.2 Å². The van der Waals surface area contributed by atoms with Crippen LogP contribution in [0.5, 0.6) is 0 Å². The lowest BCUT2D eigenvalue weighted by Crippen LogP contribution is -2.35. The van der Waals surface area contributed by atoms with Crippen molar-refractivity contribution in [3.8, 4) is 5.69 Å². The molecule has 2 aromatic carbocycles. The molecule has 1 N–H and O–H groups in total. The van der Waals surface area contributed by atoms with E-state index in [4.69, 9.17) is 0 Å². The largest absolute Gasteiger partial charge is 0.354 e. The highest BCUT2D eigenvalue weighted by molar-refractivity contribution is 5.78. The fourth-order valence-electron chi connectivity index (χ4n) is 2.96. The summed E-state index contributed by atoms with van der Waals surface area (Å²) in [4.78, 5) is 14.3. The summed E-state index contributed by atoms with van der Waals surface area (Å²) in [5, 5.41) is 7.14. The third-order valence-electron chi connectivity index (χ3n) is 4.42. The second kappa shape index (κ2) is 8.60. The minimum atomic E-state index is -0.275. The number of hydrogen-bond acceptors (Lipinski definition) is 3. The maximum absolute atomic E-state index is 13.5. The van der Waals surface area contributed by atoms with E-state index in [2.05, 4.69) is 10.4 Å². The molecular weight excluding hydrogens is 343 g/mol. The van der Waals surface area contributed by atoms with Crippen LogP contribution in [0.1, 0.15) is 17.2 Å². The van der Waals surface area contributed by atoms with Gasteiger partial charge in [0.1, 0.15) is 5.82 Å². The van der Waals surface area contributed by atoms with Crippen molar-refractivity contribution in [3.63, 3.8) is 0 Å². The Morgan fingerprint density at radius 2 is 1.96 bits per heavy atom. The van der Waals surface area contributed by atoms with E-state index in [9.17, 15) is 9.18 Å². The molecule has 3 aromatic rings. The van der Waals surface area contributed by atoms with Crippen LogP contribution in [0.2, 0.25) is 0 Å². The highest BCUT2D eigenvalue weighted by Gasteiger charge is 2.16. The molecule has 0 aliphatic heterocycles. The van der Waals surface area contributed by atoms with Gasteiger partial charge in [0.2, 0.25) is 5.91 Å². The van der Waals surface area contributed by atoms with Gasteiger partial charge in [-0.15, -0.1) is 0 Å². The number of likely N-dealkylation sites (N-methyl/N-ethyl adjacent to an activating group) is 1. The molecule has 1 heterocycles. The number of nitrogens with one attached hydrogen (secondary N) is 1. The van der Waals surface area contributed by atoms with Crippen molar-refractivity contribution >= 4 is 5.91 Å². The molecule has 0 radical (unpaired) electrons. The van der Waals surface area contributed by atoms with Crippen molar-refractivity contribution in [3.05, 3.63) is 83.9 Å². The third kappa shape index (κ3) is 5.01. The second-order valence-corrected chi connectivity index (χ2v) is 6.63. The molecule has 1 amide bonds. The Morgan fingerprint density at radius 3 is 2.59 bits per heavy atom. The first-order chi connectivity index (χ1) is 13.0. The van der Waals surface area contributed by atoms with Crippen molar-refractivity contribution in [2.75, 3.05) is 20.6 Å². The van der Waals surface area contributed by atoms with E-state index in [-0.39, 0.29) is 17.8 Å². The van der Waals surface area contributed by atoms with Crippen molar-refractivity contribution in [2.45, 2.75) is 12.5 Å². The summed E-state index contributed by atoms with van der Waals surface area (Å²) in [5.74, 6) is -0.340. The number of carbonyl (C=O) groups is 1. The van der Waals surface area contributed by atoms with Crippen molar-refractivity contribution in [2.24, 2.45) is 0 Å². The van der Waals surface area contributed by atoms with E-state index in [1.165, 1.54) is 12.1 Å². The molecule has 5 nitrogen and oxygen atoms in total. The Hall–Kier alpha value is -2.99. The predicted molar refractivity (Wildman–Crippen MR) is 103 cm³/mol. The minimum Gasteiger partial charge on any atom is -0.354 e. The Morgan fingerprint density at radius 1 is 1.19 bits per heavy atom. The molecule has 1 aromatic heterocycles. The number of benzene rings is 2. The first-order valence-corrected chi connectivity index (χ1v) is 8.80. The molecule has 6 heteroatoms. The van der Waals surface area contributed by atoms with Gasteiger partial charge >= 0.3 is 0 Å². The highest BCUT2D eigenvalue weighted by atomic mass is 19.1. The van der Waals surface area contributed by atoms with Crippen molar-refractivity contribution in [1.29, 1.82) is 0 Å². The molecule has 27 heavy (non-hydrogen) atoms. The van der Waals surface area contributed by atoms with Crippen LogP contribution in [-0.4, -0.2) is 41.2 Å². The average Bonchev–Trinajstić information content (AvgIpc) is 3.17. The van der Waals surface area contributed by atoms with Gasteiger partial charge in [0.15, 0.2) is 0 Å². The number of nitrogens with zero attached hydrogens (tertiary/aromatic N) is 3. The molecule has 0 saturated heterocycles. The fraction of sp³-hybridized carbons (Fsp3) is 0.238. The molecule has 0 spiro atoms. The van der Waals surface area contributed by atoms with Gasteiger partial charge in [-0.1, -0.05) is 24.3 Å². The zero-order chi connectivity index (χ0) is 19.2. The first-order valence-electron chi connectivity index (χ1n) is 8.80. The van der Waals surface area contributed by atoms with Gasteiger partial charge in [0.05, 0.1) is 18.2 Å². The van der Waals surface area contributed by atoms with Crippen molar-refractivity contribution in [1.82, 2.24) is 20.0 Å². The topological polar surface area (TPSA) is 50.2 Å². The fourth-order valence-corrected chi connectivity index (χ4v) is 2.96. The smallest absolute Gasteiger partial charge is 0.224 e. The Labute approximate surface area is 158 Å². The van der Waals surface area contributed by atoms with Crippen LogP contribution in [0.3, 0.4) is 0 Å². The molecule has 140 valence electrons. The van der Waals surface area contributed by atoms with Crippen LogP contribution in [0.25, 0.3) is 5.69 Å². The van der Waals surface area contributed by atoms with Gasteiger partial charge in [0.25, 0.3) is 0 Å². The third-order valence-corrected chi connectivity index (χ3v) is 4.42. The van der Waals surface area contributed by atoms with Crippen LogP contribution >= 0.6 is 0 Å². The zero-order valence-electron chi connectivity index (χ0n) is 15.5. The summed E-state index contributed by atoms with van der Waals surface area (Å²) < 4.78 is 15.3. The van der Waals surface area contributed by atoms with E-state index in [0.717, 1.165) is 16.8 Å². The standard InChI is InChI=1S/C21H23FN4O/c1-25(2)20(17-5-3-6-18(22)14-17)15-23-21(27)13-16-7-9-19(10-8-16)26-12-4-11-24-26/h3-12,14,20H,13,15H2,1-2H3,(H,23,27). The molecule has 0 saturated carbocycles. The molecule has 0 aliphatic rings. The molecule has 1 atom stereocenters. The van der Waals surface area contributed by atoms with Gasteiger partial charge in [-0.25, -0.2) is 9.07 Å². The molecule has 0 bridgehead atoms. The van der Waals surface area contributed by atoms with Crippen LogP contribution in [-0.2, 0) is 11.2 Å². The lowest BCUT2D eigenvalue weighted by atomic mass is 10.1. The van der Waals surface area contributed by atoms with Crippen LogP contribution in [0.15, 0.2) is 67.0 Å². The van der Waals surface area contributed by atoms with Crippen LogP contribution in [0.4, 0.5) is 4.39 Å². The van der Waals surface area contributed by atoms with Crippen molar-refractivity contribution < 1.29 is 9.18 Å². The second-order valence-electron chi connectivity index (χ2n) is 6.63. The molecule has 3 rings (SSSR count). The summed E-state index contributed by atoms with van der Waals surface area (Å²) in [6.45, 7) is 0.417. The number of rotatable bonds is 7. The van der Waals surface area contributed by atoms with E-state index < -0.39 is 0 Å². The highest BCUT2D eigenvalue weighted by Crippen LogP contribution is 2.18. The number of aromatic nitrogens is 2. The zero-order valence-corrected chi connectivity index (χ0v) is 15.5. The number of halogens is 1. The van der Waals surface area contributed by atoms with Crippen LogP contribution < -0.4 is 5.32 Å².